The van der Waals surface area contributed by atoms with E-state index in [4.69, 9.17) is 0 Å². The third-order valence-electron chi connectivity index (χ3n) is 3.00. The maximum Gasteiger partial charge on any atom is 0.115 e. The van der Waals surface area contributed by atoms with Gasteiger partial charge in [0.15, 0.2) is 0 Å². The summed E-state index contributed by atoms with van der Waals surface area (Å²) in [7, 11) is 0. The minimum atomic E-state index is 0.260. The lowest BCUT2D eigenvalue weighted by atomic mass is 10.0. The zero-order valence-electron chi connectivity index (χ0n) is 10.3. The van der Waals surface area contributed by atoms with Gasteiger partial charge in [0.2, 0.25) is 0 Å². The third kappa shape index (κ3) is 2.43. The van der Waals surface area contributed by atoms with Crippen molar-refractivity contribution in [1.29, 1.82) is 0 Å². The largest absolute Gasteiger partial charge is 0.508 e. The van der Waals surface area contributed by atoms with E-state index in [-0.39, 0.29) is 5.75 Å². The Bertz CT molecular complexity index is 769. The molecule has 3 rings (SSSR count). The van der Waals surface area contributed by atoms with Gasteiger partial charge in [0.1, 0.15) is 5.75 Å². The number of rotatable bonds is 0. The van der Waals surface area contributed by atoms with Gasteiger partial charge in [0, 0.05) is 11.1 Å². The highest BCUT2D eigenvalue weighted by atomic mass is 16.3. The molecule has 0 aromatic heterocycles. The second-order valence-electron chi connectivity index (χ2n) is 4.32. The summed E-state index contributed by atoms with van der Waals surface area (Å²) in [5, 5.41) is 11.6. The topological polar surface area (TPSA) is 20.2 Å². The van der Waals surface area contributed by atoms with Crippen LogP contribution in [0.4, 0.5) is 0 Å². The molecule has 3 aromatic rings. The van der Waals surface area contributed by atoms with Crippen LogP contribution in [-0.2, 0) is 0 Å². The van der Waals surface area contributed by atoms with E-state index in [9.17, 15) is 5.11 Å². The molecule has 1 nitrogen and oxygen atoms in total. The second-order valence-corrected chi connectivity index (χ2v) is 4.32. The van der Waals surface area contributed by atoms with Crippen LogP contribution in [0.2, 0.25) is 0 Å². The molecule has 1 heteroatoms. The normalized spacial score (nSPS) is 9.89. The third-order valence-corrected chi connectivity index (χ3v) is 3.00. The molecule has 19 heavy (non-hydrogen) atoms. The predicted octanol–water partition coefficient (Wildman–Crippen LogP) is 3.95. The SMILES string of the molecule is Oc1ccc(C#Cc2cccc3ccccc23)cc1. The molecule has 0 unspecified atom stereocenters. The van der Waals surface area contributed by atoms with Crippen molar-refractivity contribution in [2.24, 2.45) is 0 Å². The molecular weight excluding hydrogens is 232 g/mol. The minimum Gasteiger partial charge on any atom is -0.508 e. The summed E-state index contributed by atoms with van der Waals surface area (Å²) in [6.45, 7) is 0. The van der Waals surface area contributed by atoms with E-state index in [0.717, 1.165) is 16.5 Å². The van der Waals surface area contributed by atoms with Crippen LogP contribution in [0.25, 0.3) is 10.8 Å². The van der Waals surface area contributed by atoms with Gasteiger partial charge >= 0.3 is 0 Å². The maximum atomic E-state index is 9.24. The van der Waals surface area contributed by atoms with Gasteiger partial charge in [-0.05, 0) is 41.1 Å². The highest BCUT2D eigenvalue weighted by Crippen LogP contribution is 2.17. The summed E-state index contributed by atoms with van der Waals surface area (Å²) < 4.78 is 0. The first-order valence-electron chi connectivity index (χ1n) is 6.12. The van der Waals surface area contributed by atoms with E-state index < -0.39 is 0 Å². The van der Waals surface area contributed by atoms with Crippen LogP contribution in [-0.4, -0.2) is 5.11 Å². The van der Waals surface area contributed by atoms with Gasteiger partial charge in [-0.15, -0.1) is 0 Å². The van der Waals surface area contributed by atoms with E-state index in [0.29, 0.717) is 0 Å². The van der Waals surface area contributed by atoms with Crippen molar-refractivity contribution in [3.8, 4) is 17.6 Å². The van der Waals surface area contributed by atoms with Crippen LogP contribution in [0.3, 0.4) is 0 Å². The van der Waals surface area contributed by atoms with Crippen LogP contribution >= 0.6 is 0 Å². The average Bonchev–Trinajstić information content (AvgIpc) is 2.47. The number of phenols is 1. The highest BCUT2D eigenvalue weighted by Gasteiger charge is 1.96. The van der Waals surface area contributed by atoms with Crippen molar-refractivity contribution < 1.29 is 5.11 Å². The van der Waals surface area contributed by atoms with Crippen molar-refractivity contribution in [2.75, 3.05) is 0 Å². The molecule has 0 aliphatic carbocycles. The van der Waals surface area contributed by atoms with Gasteiger partial charge in [0.05, 0.1) is 0 Å². The zero-order valence-corrected chi connectivity index (χ0v) is 10.3. The average molecular weight is 244 g/mol. The Hall–Kier alpha value is -2.72. The van der Waals surface area contributed by atoms with Crippen molar-refractivity contribution in [3.63, 3.8) is 0 Å². The summed E-state index contributed by atoms with van der Waals surface area (Å²) in [4.78, 5) is 0. The van der Waals surface area contributed by atoms with Gasteiger partial charge in [-0.2, -0.15) is 0 Å². The van der Waals surface area contributed by atoms with E-state index in [1.807, 2.05) is 36.4 Å². The minimum absolute atomic E-state index is 0.260. The molecule has 0 spiro atoms. The second kappa shape index (κ2) is 4.88. The fourth-order valence-corrected chi connectivity index (χ4v) is 2.02. The van der Waals surface area contributed by atoms with Crippen molar-refractivity contribution >= 4 is 10.8 Å². The first kappa shape index (κ1) is 11.4. The lowest BCUT2D eigenvalue weighted by molar-refractivity contribution is 0.475. The van der Waals surface area contributed by atoms with Crippen LogP contribution in [0.5, 0.6) is 5.75 Å². The molecule has 0 amide bonds. The number of aromatic hydroxyl groups is 1. The van der Waals surface area contributed by atoms with Gasteiger partial charge in [-0.3, -0.25) is 0 Å². The molecule has 0 radical (unpaired) electrons. The first-order valence-corrected chi connectivity index (χ1v) is 6.12. The molecular formula is C18H12O. The summed E-state index contributed by atoms with van der Waals surface area (Å²) in [6.07, 6.45) is 0. The Morgan fingerprint density at radius 3 is 2.26 bits per heavy atom. The fourth-order valence-electron chi connectivity index (χ4n) is 2.02. The molecule has 0 aliphatic heterocycles. The van der Waals surface area contributed by atoms with E-state index in [1.165, 1.54) is 5.39 Å². The highest BCUT2D eigenvalue weighted by molar-refractivity contribution is 5.88. The quantitative estimate of drug-likeness (QED) is 0.594. The standard InChI is InChI=1S/C18H12O/c19-17-12-9-14(10-13-17)8-11-16-6-3-5-15-4-1-2-7-18(15)16/h1-7,9-10,12-13,19H. The Kier molecular flexibility index (Phi) is 2.92. The number of fused-ring (bicyclic) bond motifs is 1. The predicted molar refractivity (Wildman–Crippen MR) is 78.0 cm³/mol. The van der Waals surface area contributed by atoms with Gasteiger partial charge in [0.25, 0.3) is 0 Å². The number of phenolic OH excluding ortho intramolecular Hbond substituents is 1. The van der Waals surface area contributed by atoms with Crippen LogP contribution in [0.15, 0.2) is 66.7 Å². The maximum absolute atomic E-state index is 9.24. The molecule has 0 aliphatic rings. The van der Waals surface area contributed by atoms with E-state index in [2.05, 4.69) is 30.0 Å². The Labute approximate surface area is 112 Å². The van der Waals surface area contributed by atoms with E-state index >= 15 is 0 Å². The summed E-state index contributed by atoms with van der Waals surface area (Å²) >= 11 is 0. The van der Waals surface area contributed by atoms with Gasteiger partial charge < -0.3 is 5.11 Å². The zero-order chi connectivity index (χ0) is 13.1. The summed E-state index contributed by atoms with van der Waals surface area (Å²) in [5.41, 5.74) is 1.91. The number of hydrogen-bond donors (Lipinski definition) is 1. The van der Waals surface area contributed by atoms with E-state index in [1.54, 1.807) is 12.1 Å². The summed E-state index contributed by atoms with van der Waals surface area (Å²) in [5.74, 6) is 6.57. The number of benzene rings is 3. The molecule has 90 valence electrons. The number of hydrogen-bond acceptors (Lipinski definition) is 1. The molecule has 0 saturated heterocycles. The molecule has 0 fully saturated rings. The van der Waals surface area contributed by atoms with Crippen molar-refractivity contribution in [1.82, 2.24) is 0 Å². The Morgan fingerprint density at radius 1 is 0.684 bits per heavy atom. The molecule has 3 aromatic carbocycles. The first-order chi connectivity index (χ1) is 9.33. The molecule has 0 atom stereocenters. The summed E-state index contributed by atoms with van der Waals surface area (Å²) in [6, 6.07) is 21.3. The van der Waals surface area contributed by atoms with Crippen LogP contribution in [0.1, 0.15) is 11.1 Å². The van der Waals surface area contributed by atoms with Crippen LogP contribution in [0, 0.1) is 11.8 Å². The smallest absolute Gasteiger partial charge is 0.115 e. The van der Waals surface area contributed by atoms with Crippen molar-refractivity contribution in [3.05, 3.63) is 77.9 Å². The molecule has 1 N–H and O–H groups in total. The monoisotopic (exact) mass is 244 g/mol. The van der Waals surface area contributed by atoms with Crippen molar-refractivity contribution in [2.45, 2.75) is 0 Å². The van der Waals surface area contributed by atoms with Gasteiger partial charge in [-0.25, -0.2) is 0 Å². The lowest BCUT2D eigenvalue weighted by Gasteiger charge is -1.99. The van der Waals surface area contributed by atoms with Crippen LogP contribution < -0.4 is 0 Å². The molecule has 0 bridgehead atoms. The lowest BCUT2D eigenvalue weighted by Crippen LogP contribution is -1.79. The Morgan fingerprint density at radius 2 is 1.42 bits per heavy atom. The molecule has 0 saturated carbocycles. The molecule has 0 heterocycles. The van der Waals surface area contributed by atoms with Gasteiger partial charge in [-0.1, -0.05) is 48.2 Å². The fraction of sp³-hybridized carbons (Fsp3) is 0. The Balaban J connectivity index is 2.05.